The molecule has 188 valence electrons. The predicted molar refractivity (Wildman–Crippen MR) is 134 cm³/mol. The number of hydrogen-bond acceptors (Lipinski definition) is 9. The summed E-state index contributed by atoms with van der Waals surface area (Å²) in [5.74, 6) is 0.936. The van der Waals surface area contributed by atoms with Crippen LogP contribution in [0.15, 0.2) is 50.5 Å². The number of anilines is 1. The van der Waals surface area contributed by atoms with Crippen LogP contribution in [-0.4, -0.2) is 57.1 Å². The van der Waals surface area contributed by atoms with Crippen molar-refractivity contribution < 1.29 is 9.32 Å². The Balaban J connectivity index is 1.66. The van der Waals surface area contributed by atoms with E-state index in [0.29, 0.717) is 61.3 Å². The lowest BCUT2D eigenvalue weighted by Gasteiger charge is -2.34. The van der Waals surface area contributed by atoms with Gasteiger partial charge in [-0.25, -0.2) is 4.79 Å². The summed E-state index contributed by atoms with van der Waals surface area (Å²) < 4.78 is 5.71. The molecule has 0 aromatic carbocycles. The zero-order valence-electron chi connectivity index (χ0n) is 20.8. The van der Waals surface area contributed by atoms with E-state index >= 15 is 0 Å². The number of hydrogen-bond donors (Lipinski definition) is 2. The van der Waals surface area contributed by atoms with Gasteiger partial charge in [-0.15, -0.1) is 0 Å². The Bertz CT molecular complexity index is 1350. The van der Waals surface area contributed by atoms with E-state index in [-0.39, 0.29) is 11.7 Å². The summed E-state index contributed by atoms with van der Waals surface area (Å²) in [6, 6.07) is 3.95. The Morgan fingerprint density at radius 2 is 2.06 bits per heavy atom. The van der Waals surface area contributed by atoms with Crippen LogP contribution in [0.25, 0.3) is 11.5 Å². The van der Waals surface area contributed by atoms with Crippen LogP contribution in [0.5, 0.6) is 0 Å². The van der Waals surface area contributed by atoms with Gasteiger partial charge in [-0.3, -0.25) is 4.79 Å². The molecule has 3 N–H and O–H groups in total. The third kappa shape index (κ3) is 4.54. The van der Waals surface area contributed by atoms with Crippen LogP contribution < -0.4 is 16.3 Å². The number of carbonyl (C=O) groups excluding carboxylic acids is 1. The largest absolute Gasteiger partial charge is 0.401 e. The fraction of sp³-hybridized carbons (Fsp3) is 0.440. The molecule has 2 aliphatic rings. The van der Waals surface area contributed by atoms with Crippen molar-refractivity contribution in [1.82, 2.24) is 25.0 Å². The van der Waals surface area contributed by atoms with Crippen LogP contribution >= 0.6 is 0 Å². The van der Waals surface area contributed by atoms with Gasteiger partial charge in [0.1, 0.15) is 11.9 Å². The van der Waals surface area contributed by atoms with E-state index in [2.05, 4.69) is 32.8 Å². The molecule has 4 rings (SSSR count). The topological polar surface area (TPSA) is 158 Å². The molecule has 2 aromatic heterocycles. The third-order valence-electron chi connectivity index (χ3n) is 6.92. The molecule has 0 radical (unpaired) electrons. The molecule has 1 aliphatic heterocycles. The first kappa shape index (κ1) is 24.9. The average Bonchev–Trinajstić information content (AvgIpc) is 3.37. The molecule has 0 bridgehead atoms. The van der Waals surface area contributed by atoms with E-state index in [1.807, 2.05) is 18.7 Å². The highest BCUT2D eigenvalue weighted by molar-refractivity contribution is 5.87. The van der Waals surface area contributed by atoms with Gasteiger partial charge in [-0.05, 0) is 51.7 Å². The average molecular weight is 491 g/mol. The van der Waals surface area contributed by atoms with Crippen molar-refractivity contribution in [2.75, 3.05) is 31.1 Å². The lowest BCUT2D eigenvalue weighted by molar-refractivity contribution is -0.126. The molecule has 11 heteroatoms. The quantitative estimate of drug-likeness (QED) is 0.473. The first-order valence-corrected chi connectivity index (χ1v) is 11.9. The summed E-state index contributed by atoms with van der Waals surface area (Å²) in [5, 5.41) is 14.0. The number of H-pyrrole nitrogens is 1. The van der Waals surface area contributed by atoms with Gasteiger partial charge in [-0.1, -0.05) is 17.3 Å². The van der Waals surface area contributed by atoms with Crippen molar-refractivity contribution in [2.45, 2.75) is 45.4 Å². The number of allylic oxidation sites excluding steroid dienone is 4. The molecule has 1 saturated heterocycles. The van der Waals surface area contributed by atoms with Gasteiger partial charge in [0, 0.05) is 37.9 Å². The first-order chi connectivity index (χ1) is 17.2. The number of nitrogens with zero attached hydrogens (tertiary/aromatic N) is 6. The van der Waals surface area contributed by atoms with E-state index in [1.54, 1.807) is 17.9 Å². The minimum absolute atomic E-state index is 0.118. The Labute approximate surface area is 209 Å². The molecule has 0 unspecified atom stereocenters. The van der Waals surface area contributed by atoms with E-state index in [1.165, 1.54) is 6.08 Å². The van der Waals surface area contributed by atoms with Crippen molar-refractivity contribution in [3.05, 3.63) is 57.5 Å². The number of nitrogens with two attached hydrogens (primary N) is 1. The Morgan fingerprint density at radius 1 is 1.33 bits per heavy atom. The van der Waals surface area contributed by atoms with Crippen molar-refractivity contribution in [3.63, 3.8) is 0 Å². The summed E-state index contributed by atoms with van der Waals surface area (Å²) in [7, 11) is 0. The molecule has 1 amide bonds. The maximum absolute atomic E-state index is 12.4. The smallest absolute Gasteiger partial charge is 0.347 e. The second-order valence-corrected chi connectivity index (χ2v) is 9.41. The van der Waals surface area contributed by atoms with Gasteiger partial charge >= 0.3 is 5.69 Å². The fourth-order valence-electron chi connectivity index (χ4n) is 5.04. The molecule has 2 aromatic rings. The van der Waals surface area contributed by atoms with Gasteiger partial charge in [0.05, 0.1) is 16.7 Å². The highest BCUT2D eigenvalue weighted by atomic mass is 16.5. The van der Waals surface area contributed by atoms with Crippen molar-refractivity contribution >= 4 is 11.7 Å². The lowest BCUT2D eigenvalue weighted by Crippen LogP contribution is -2.48. The summed E-state index contributed by atoms with van der Waals surface area (Å²) >= 11 is 0. The van der Waals surface area contributed by atoms with Crippen LogP contribution in [0, 0.1) is 11.3 Å². The van der Waals surface area contributed by atoms with Crippen LogP contribution in [0.4, 0.5) is 5.82 Å². The Morgan fingerprint density at radius 3 is 2.69 bits per heavy atom. The third-order valence-corrected chi connectivity index (χ3v) is 6.92. The molecule has 0 spiro atoms. The van der Waals surface area contributed by atoms with Gasteiger partial charge < -0.3 is 25.0 Å². The number of aromatic amines is 1. The molecule has 36 heavy (non-hydrogen) atoms. The second kappa shape index (κ2) is 9.81. The minimum atomic E-state index is -0.691. The fourth-order valence-corrected chi connectivity index (χ4v) is 5.04. The molecular weight excluding hydrogens is 460 g/mol. The van der Waals surface area contributed by atoms with Crippen molar-refractivity contribution in [3.8, 4) is 17.6 Å². The molecule has 1 fully saturated rings. The molecule has 3 heterocycles. The molecule has 1 atom stereocenters. The Hall–Kier alpha value is -4.20. The van der Waals surface area contributed by atoms with Gasteiger partial charge in [0.25, 0.3) is 0 Å². The maximum Gasteiger partial charge on any atom is 0.347 e. The highest BCUT2D eigenvalue weighted by Crippen LogP contribution is 2.46. The van der Waals surface area contributed by atoms with Crippen molar-refractivity contribution in [2.24, 2.45) is 5.73 Å². The van der Waals surface area contributed by atoms with E-state index in [9.17, 15) is 14.9 Å². The lowest BCUT2D eigenvalue weighted by atomic mass is 9.68. The standard InChI is InChI=1S/C25H30N8O3/c1-5-20(34)33-11-9-32(10-12-33)19-13-18(28-24(35)29-19)22-30-23(36-31-22)25(4)8-6-7-15(2)21(25)17(14-26)16(3)27/h5,13H,1,6-12,27H2,2-4H3,(H,28,29,35)/b17-16+/t25-/m0/s1. The zero-order chi connectivity index (χ0) is 26.0. The number of piperazine rings is 1. The van der Waals surface area contributed by atoms with Crippen LogP contribution in [0.3, 0.4) is 0 Å². The molecular formula is C25H30N8O3. The monoisotopic (exact) mass is 490 g/mol. The minimum Gasteiger partial charge on any atom is -0.401 e. The second-order valence-electron chi connectivity index (χ2n) is 9.41. The van der Waals surface area contributed by atoms with Gasteiger partial charge in [0.2, 0.25) is 17.6 Å². The van der Waals surface area contributed by atoms with Gasteiger partial charge in [-0.2, -0.15) is 15.2 Å². The van der Waals surface area contributed by atoms with Crippen LogP contribution in [-0.2, 0) is 10.2 Å². The van der Waals surface area contributed by atoms with Crippen LogP contribution in [0.2, 0.25) is 0 Å². The molecule has 1 aliphatic carbocycles. The zero-order valence-corrected chi connectivity index (χ0v) is 20.8. The SMILES string of the molecule is C=CC(=O)N1CCN(c2cc(-c3noc([C@@]4(C)CCCC(C)=C4/C(C#N)=C(\C)N)n3)[nH]c(=O)n2)CC1. The van der Waals surface area contributed by atoms with E-state index < -0.39 is 11.1 Å². The summed E-state index contributed by atoms with van der Waals surface area (Å²) in [6.07, 6.45) is 3.78. The maximum atomic E-state index is 12.4. The predicted octanol–water partition coefficient (Wildman–Crippen LogP) is 2.17. The number of amides is 1. The molecule has 11 nitrogen and oxygen atoms in total. The van der Waals surface area contributed by atoms with Gasteiger partial charge in [0.15, 0.2) is 0 Å². The first-order valence-electron chi connectivity index (χ1n) is 11.9. The number of nitriles is 1. The normalized spacial score (nSPS) is 21.2. The Kier molecular flexibility index (Phi) is 6.79. The summed E-state index contributed by atoms with van der Waals surface area (Å²) in [5.41, 5.74) is 7.96. The van der Waals surface area contributed by atoms with E-state index in [4.69, 9.17) is 10.3 Å². The van der Waals surface area contributed by atoms with E-state index in [0.717, 1.165) is 24.0 Å². The van der Waals surface area contributed by atoms with Crippen LogP contribution in [0.1, 0.15) is 45.9 Å². The number of carbonyl (C=O) groups is 1. The number of rotatable bonds is 5. The summed E-state index contributed by atoms with van der Waals surface area (Å²) in [4.78, 5) is 39.3. The summed E-state index contributed by atoms with van der Waals surface area (Å²) in [6.45, 7) is 11.3. The molecule has 0 saturated carbocycles. The van der Waals surface area contributed by atoms with Crippen molar-refractivity contribution in [1.29, 1.82) is 5.26 Å². The number of nitrogens with one attached hydrogen (secondary N) is 1. The highest BCUT2D eigenvalue weighted by Gasteiger charge is 2.42. The number of aromatic nitrogens is 4.